The number of nitriles is 1. The van der Waals surface area contributed by atoms with E-state index in [4.69, 9.17) is 4.74 Å². The van der Waals surface area contributed by atoms with E-state index in [1.54, 1.807) is 18.2 Å². The van der Waals surface area contributed by atoms with Crippen molar-refractivity contribution in [3.05, 3.63) is 117 Å². The summed E-state index contributed by atoms with van der Waals surface area (Å²) in [6.45, 7) is 2.42. The third-order valence-corrected chi connectivity index (χ3v) is 5.22. The minimum atomic E-state index is -0.466. The van der Waals surface area contributed by atoms with Crippen LogP contribution in [0.25, 0.3) is 22.4 Å². The maximum atomic E-state index is 11.2. The lowest BCUT2D eigenvalue weighted by Gasteiger charge is -2.13. The fraction of sp³-hybridized carbons (Fsp3) is 0.0741. The van der Waals surface area contributed by atoms with Gasteiger partial charge in [-0.2, -0.15) is 5.26 Å². The summed E-state index contributed by atoms with van der Waals surface area (Å²) in [7, 11) is 0. The van der Waals surface area contributed by atoms with E-state index >= 15 is 0 Å². The van der Waals surface area contributed by atoms with Crippen LogP contribution in [-0.4, -0.2) is 4.92 Å². The van der Waals surface area contributed by atoms with Crippen molar-refractivity contribution in [3.63, 3.8) is 0 Å². The highest BCUT2D eigenvalue weighted by Crippen LogP contribution is 2.33. The van der Waals surface area contributed by atoms with Gasteiger partial charge in [-0.1, -0.05) is 72.3 Å². The summed E-state index contributed by atoms with van der Waals surface area (Å²) in [6, 6.07) is 28.1. The van der Waals surface area contributed by atoms with Crippen molar-refractivity contribution in [2.45, 2.75) is 13.5 Å². The molecule has 5 nitrogen and oxygen atoms in total. The first-order valence-electron chi connectivity index (χ1n) is 10.1. The zero-order valence-corrected chi connectivity index (χ0v) is 17.5. The molecule has 0 atom stereocenters. The lowest BCUT2D eigenvalue weighted by molar-refractivity contribution is -0.384. The van der Waals surface area contributed by atoms with Crippen molar-refractivity contribution >= 4 is 28.1 Å². The highest BCUT2D eigenvalue weighted by Gasteiger charge is 2.12. The molecule has 0 amide bonds. The van der Waals surface area contributed by atoms with Gasteiger partial charge in [0.2, 0.25) is 0 Å². The SMILES string of the molecule is Cc1ccc(COc2ccc3ccccc3c2/C=C(/C#N)c2cccc([N+](=O)[O-])c2)cc1. The van der Waals surface area contributed by atoms with E-state index < -0.39 is 4.92 Å². The quantitative estimate of drug-likeness (QED) is 0.150. The number of nitro groups is 1. The first-order chi connectivity index (χ1) is 15.5. The van der Waals surface area contributed by atoms with Crippen LogP contribution in [0.1, 0.15) is 22.3 Å². The Morgan fingerprint density at radius 1 is 1.03 bits per heavy atom. The summed E-state index contributed by atoms with van der Waals surface area (Å²) in [5.74, 6) is 0.641. The molecule has 0 aliphatic carbocycles. The van der Waals surface area contributed by atoms with Crippen molar-refractivity contribution in [1.82, 2.24) is 0 Å². The van der Waals surface area contributed by atoms with Crippen LogP contribution in [0.3, 0.4) is 0 Å². The van der Waals surface area contributed by atoms with Gasteiger partial charge in [-0.3, -0.25) is 10.1 Å². The van der Waals surface area contributed by atoms with Crippen LogP contribution in [0.5, 0.6) is 5.75 Å². The molecule has 4 aromatic rings. The molecule has 0 aliphatic rings. The van der Waals surface area contributed by atoms with Gasteiger partial charge in [-0.25, -0.2) is 0 Å². The van der Waals surface area contributed by atoms with E-state index in [2.05, 4.69) is 6.07 Å². The average Bonchev–Trinajstić information content (AvgIpc) is 2.82. The Morgan fingerprint density at radius 2 is 1.81 bits per heavy atom. The molecular weight excluding hydrogens is 400 g/mol. The van der Waals surface area contributed by atoms with E-state index in [9.17, 15) is 15.4 Å². The summed E-state index contributed by atoms with van der Waals surface area (Å²) >= 11 is 0. The first-order valence-corrected chi connectivity index (χ1v) is 10.1. The summed E-state index contributed by atoms with van der Waals surface area (Å²) in [4.78, 5) is 10.7. The van der Waals surface area contributed by atoms with E-state index in [0.29, 0.717) is 23.5 Å². The molecule has 0 spiro atoms. The van der Waals surface area contributed by atoms with Gasteiger partial charge >= 0.3 is 0 Å². The van der Waals surface area contributed by atoms with Crippen molar-refractivity contribution in [3.8, 4) is 11.8 Å². The molecule has 0 radical (unpaired) electrons. The van der Waals surface area contributed by atoms with Crippen LogP contribution in [0.2, 0.25) is 0 Å². The maximum Gasteiger partial charge on any atom is 0.270 e. The molecule has 0 saturated heterocycles. The summed E-state index contributed by atoms with van der Waals surface area (Å²) in [5.41, 5.74) is 3.73. The van der Waals surface area contributed by atoms with Gasteiger partial charge in [-0.05, 0) is 41.0 Å². The Bertz CT molecular complexity index is 1370. The zero-order valence-electron chi connectivity index (χ0n) is 17.5. The smallest absolute Gasteiger partial charge is 0.270 e. The van der Waals surface area contributed by atoms with Gasteiger partial charge in [0, 0.05) is 17.7 Å². The first kappa shape index (κ1) is 20.8. The number of nitrogens with zero attached hydrogens (tertiary/aromatic N) is 2. The Labute approximate surface area is 186 Å². The number of ether oxygens (including phenoxy) is 1. The van der Waals surface area contributed by atoms with Gasteiger partial charge < -0.3 is 4.74 Å². The van der Waals surface area contributed by atoms with Gasteiger partial charge in [0.15, 0.2) is 0 Å². The standard InChI is InChI=1S/C27H20N2O3/c1-19-9-11-20(12-10-19)18-32-27-14-13-21-5-2-3-8-25(21)26(27)16-23(17-28)22-6-4-7-24(15-22)29(30)31/h2-16H,18H2,1H3/b23-16-. The molecule has 4 rings (SSSR count). The van der Waals surface area contributed by atoms with Gasteiger partial charge in [0.25, 0.3) is 5.69 Å². The Morgan fingerprint density at radius 3 is 2.56 bits per heavy atom. The fourth-order valence-corrected chi connectivity index (χ4v) is 3.51. The maximum absolute atomic E-state index is 11.2. The minimum absolute atomic E-state index is 0.0579. The predicted molar refractivity (Wildman–Crippen MR) is 126 cm³/mol. The molecule has 32 heavy (non-hydrogen) atoms. The van der Waals surface area contributed by atoms with Crippen LogP contribution in [0, 0.1) is 28.4 Å². The number of aryl methyl sites for hydroxylation is 1. The molecular formula is C27H20N2O3. The highest BCUT2D eigenvalue weighted by molar-refractivity contribution is 6.00. The summed E-state index contributed by atoms with van der Waals surface area (Å²) in [6.07, 6.45) is 1.74. The van der Waals surface area contributed by atoms with Crippen LogP contribution in [-0.2, 0) is 6.61 Å². The fourth-order valence-electron chi connectivity index (χ4n) is 3.51. The third-order valence-electron chi connectivity index (χ3n) is 5.22. The number of non-ortho nitro benzene ring substituents is 1. The van der Waals surface area contributed by atoms with E-state index in [1.165, 1.54) is 17.7 Å². The van der Waals surface area contributed by atoms with Crippen LogP contribution in [0.15, 0.2) is 84.9 Å². The number of fused-ring (bicyclic) bond motifs is 1. The van der Waals surface area contributed by atoms with Crippen LogP contribution >= 0.6 is 0 Å². The van der Waals surface area contributed by atoms with E-state index in [1.807, 2.05) is 67.6 Å². The Balaban J connectivity index is 1.79. The Hall–Kier alpha value is -4.43. The van der Waals surface area contributed by atoms with Gasteiger partial charge in [0.05, 0.1) is 16.6 Å². The van der Waals surface area contributed by atoms with Crippen molar-refractivity contribution in [1.29, 1.82) is 5.26 Å². The summed E-state index contributed by atoms with van der Waals surface area (Å²) < 4.78 is 6.15. The molecule has 0 heterocycles. The molecule has 4 aromatic carbocycles. The number of hydrogen-bond acceptors (Lipinski definition) is 4. The molecule has 0 aliphatic heterocycles. The number of benzene rings is 4. The zero-order chi connectivity index (χ0) is 22.5. The molecule has 0 N–H and O–H groups in total. The van der Waals surface area contributed by atoms with Gasteiger partial charge in [-0.15, -0.1) is 0 Å². The minimum Gasteiger partial charge on any atom is -0.488 e. The van der Waals surface area contributed by atoms with E-state index in [-0.39, 0.29) is 5.69 Å². The number of rotatable bonds is 6. The summed E-state index contributed by atoms with van der Waals surface area (Å²) in [5, 5.41) is 23.0. The molecule has 156 valence electrons. The normalized spacial score (nSPS) is 11.2. The molecule has 0 aromatic heterocycles. The topological polar surface area (TPSA) is 76.2 Å². The molecule has 0 saturated carbocycles. The van der Waals surface area contributed by atoms with Crippen LogP contribution in [0.4, 0.5) is 5.69 Å². The second kappa shape index (κ2) is 9.15. The molecule has 0 unspecified atom stereocenters. The number of nitro benzene ring substituents is 1. The number of hydrogen-bond donors (Lipinski definition) is 0. The van der Waals surface area contributed by atoms with Crippen molar-refractivity contribution in [2.75, 3.05) is 0 Å². The molecule has 0 bridgehead atoms. The lowest BCUT2D eigenvalue weighted by atomic mass is 9.98. The monoisotopic (exact) mass is 420 g/mol. The molecule has 5 heteroatoms. The van der Waals surface area contributed by atoms with E-state index in [0.717, 1.165) is 21.9 Å². The van der Waals surface area contributed by atoms with Crippen molar-refractivity contribution in [2.24, 2.45) is 0 Å². The van der Waals surface area contributed by atoms with Gasteiger partial charge in [0.1, 0.15) is 12.4 Å². The lowest BCUT2D eigenvalue weighted by Crippen LogP contribution is -1.98. The molecule has 0 fully saturated rings. The van der Waals surface area contributed by atoms with Crippen molar-refractivity contribution < 1.29 is 9.66 Å². The highest BCUT2D eigenvalue weighted by atomic mass is 16.6. The van der Waals surface area contributed by atoms with Crippen LogP contribution < -0.4 is 4.74 Å². The second-order valence-corrected chi connectivity index (χ2v) is 7.45. The average molecular weight is 420 g/mol. The second-order valence-electron chi connectivity index (χ2n) is 7.45. The predicted octanol–water partition coefficient (Wildman–Crippen LogP) is 6.70. The number of allylic oxidation sites excluding steroid dienone is 1. The third kappa shape index (κ3) is 4.50. The largest absolute Gasteiger partial charge is 0.488 e. The Kier molecular flexibility index (Phi) is 5.96.